The molecule has 0 spiro atoms. The van der Waals surface area contributed by atoms with Gasteiger partial charge in [-0.3, -0.25) is 4.90 Å². The van der Waals surface area contributed by atoms with E-state index in [9.17, 15) is 0 Å². The number of hydrogen-bond donors (Lipinski definition) is 1. The highest BCUT2D eigenvalue weighted by Gasteiger charge is 2.28. The van der Waals surface area contributed by atoms with Gasteiger partial charge in [0.2, 0.25) is 0 Å². The Kier molecular flexibility index (Phi) is 3.27. The monoisotopic (exact) mass is 246 g/mol. The molecule has 3 atom stereocenters. The molecule has 1 saturated heterocycles. The van der Waals surface area contributed by atoms with Gasteiger partial charge in [0, 0.05) is 30.9 Å². The van der Waals surface area contributed by atoms with E-state index < -0.39 is 0 Å². The molecule has 98 valence electrons. The van der Waals surface area contributed by atoms with Crippen molar-refractivity contribution in [2.75, 3.05) is 25.0 Å². The molecule has 3 unspecified atom stereocenters. The molecule has 3 heteroatoms. The van der Waals surface area contributed by atoms with Crippen LogP contribution in [0, 0.1) is 0 Å². The summed E-state index contributed by atoms with van der Waals surface area (Å²) in [5, 5.41) is 3.63. The quantitative estimate of drug-likeness (QED) is 0.865. The second-order valence-corrected chi connectivity index (χ2v) is 5.65. The van der Waals surface area contributed by atoms with Crippen LogP contribution < -0.4 is 5.32 Å². The number of anilines is 1. The Morgan fingerprint density at radius 1 is 1.33 bits per heavy atom. The molecular weight excluding hydrogens is 224 g/mol. The molecule has 0 radical (unpaired) electrons. The standard InChI is InChI=1S/C15H22N2O/c1-11-10-18-12(2)8-17(11)9-14-7-13-5-3-4-6-15(13)16-14/h3-6,11-12,14,16H,7-10H2,1-2H3. The van der Waals surface area contributed by atoms with Gasteiger partial charge in [0.25, 0.3) is 0 Å². The zero-order chi connectivity index (χ0) is 12.5. The molecule has 1 N–H and O–H groups in total. The third-order valence-corrected chi connectivity index (χ3v) is 4.04. The van der Waals surface area contributed by atoms with Crippen molar-refractivity contribution in [3.63, 3.8) is 0 Å². The Morgan fingerprint density at radius 2 is 2.17 bits per heavy atom. The normalized spacial score (nSPS) is 32.0. The number of rotatable bonds is 2. The third kappa shape index (κ3) is 2.38. The second kappa shape index (κ2) is 4.90. The van der Waals surface area contributed by atoms with Crippen molar-refractivity contribution in [2.45, 2.75) is 38.5 Å². The van der Waals surface area contributed by atoms with E-state index in [0.29, 0.717) is 18.2 Å². The first-order valence-electron chi connectivity index (χ1n) is 6.92. The highest BCUT2D eigenvalue weighted by atomic mass is 16.5. The van der Waals surface area contributed by atoms with Crippen LogP contribution in [-0.2, 0) is 11.2 Å². The first kappa shape index (κ1) is 12.0. The van der Waals surface area contributed by atoms with Crippen LogP contribution in [0.4, 0.5) is 5.69 Å². The van der Waals surface area contributed by atoms with Gasteiger partial charge < -0.3 is 10.1 Å². The lowest BCUT2D eigenvalue weighted by Gasteiger charge is -2.38. The lowest BCUT2D eigenvalue weighted by atomic mass is 10.1. The van der Waals surface area contributed by atoms with Crippen LogP contribution in [0.25, 0.3) is 0 Å². The number of para-hydroxylation sites is 1. The van der Waals surface area contributed by atoms with Crippen LogP contribution in [0.5, 0.6) is 0 Å². The number of ether oxygens (including phenoxy) is 1. The molecule has 1 fully saturated rings. The summed E-state index contributed by atoms with van der Waals surface area (Å²) in [4.78, 5) is 2.55. The van der Waals surface area contributed by atoms with E-state index >= 15 is 0 Å². The molecule has 1 aromatic carbocycles. The molecule has 0 amide bonds. The minimum Gasteiger partial charge on any atom is -0.380 e. The van der Waals surface area contributed by atoms with Gasteiger partial charge >= 0.3 is 0 Å². The van der Waals surface area contributed by atoms with Crippen LogP contribution in [0.1, 0.15) is 19.4 Å². The third-order valence-electron chi connectivity index (χ3n) is 4.04. The van der Waals surface area contributed by atoms with Crippen molar-refractivity contribution in [3.8, 4) is 0 Å². The van der Waals surface area contributed by atoms with E-state index in [1.165, 1.54) is 11.3 Å². The molecule has 0 bridgehead atoms. The van der Waals surface area contributed by atoms with Gasteiger partial charge in [-0.25, -0.2) is 0 Å². The van der Waals surface area contributed by atoms with Crippen LogP contribution in [0.15, 0.2) is 24.3 Å². The Labute approximate surface area is 109 Å². The first-order valence-corrected chi connectivity index (χ1v) is 6.92. The van der Waals surface area contributed by atoms with Crippen LogP contribution in [-0.4, -0.2) is 42.8 Å². The van der Waals surface area contributed by atoms with E-state index in [1.54, 1.807) is 0 Å². The maximum atomic E-state index is 5.68. The van der Waals surface area contributed by atoms with E-state index in [-0.39, 0.29) is 0 Å². The minimum absolute atomic E-state index is 0.366. The fraction of sp³-hybridized carbons (Fsp3) is 0.600. The maximum absolute atomic E-state index is 5.68. The fourth-order valence-electron chi connectivity index (χ4n) is 3.00. The molecule has 3 nitrogen and oxygen atoms in total. The maximum Gasteiger partial charge on any atom is 0.0674 e. The van der Waals surface area contributed by atoms with Crippen molar-refractivity contribution in [1.82, 2.24) is 4.90 Å². The smallest absolute Gasteiger partial charge is 0.0674 e. The largest absolute Gasteiger partial charge is 0.380 e. The number of hydrogen-bond acceptors (Lipinski definition) is 3. The molecule has 0 saturated carbocycles. The van der Waals surface area contributed by atoms with Crippen LogP contribution in [0.2, 0.25) is 0 Å². The minimum atomic E-state index is 0.366. The summed E-state index contributed by atoms with van der Waals surface area (Å²) < 4.78 is 5.68. The van der Waals surface area contributed by atoms with Crippen molar-refractivity contribution >= 4 is 5.69 Å². The molecule has 1 aromatic rings. The average molecular weight is 246 g/mol. The van der Waals surface area contributed by atoms with Crippen LogP contribution >= 0.6 is 0 Å². The topological polar surface area (TPSA) is 24.5 Å². The van der Waals surface area contributed by atoms with E-state index in [0.717, 1.165) is 26.1 Å². The lowest BCUT2D eigenvalue weighted by Crippen LogP contribution is -2.50. The predicted molar refractivity (Wildman–Crippen MR) is 74.0 cm³/mol. The number of fused-ring (bicyclic) bond motifs is 1. The zero-order valence-electron chi connectivity index (χ0n) is 11.2. The first-order chi connectivity index (χ1) is 8.72. The van der Waals surface area contributed by atoms with Gasteiger partial charge in [0.15, 0.2) is 0 Å². The van der Waals surface area contributed by atoms with Crippen molar-refractivity contribution < 1.29 is 4.74 Å². The van der Waals surface area contributed by atoms with Gasteiger partial charge in [-0.2, -0.15) is 0 Å². The van der Waals surface area contributed by atoms with Gasteiger partial charge in [-0.05, 0) is 31.9 Å². The van der Waals surface area contributed by atoms with Gasteiger partial charge in [0.05, 0.1) is 12.7 Å². The highest BCUT2D eigenvalue weighted by molar-refractivity contribution is 5.56. The van der Waals surface area contributed by atoms with Crippen molar-refractivity contribution in [3.05, 3.63) is 29.8 Å². The SMILES string of the molecule is CC1CN(CC2Cc3ccccc3N2)C(C)CO1. The number of benzene rings is 1. The van der Waals surface area contributed by atoms with E-state index in [4.69, 9.17) is 4.74 Å². The van der Waals surface area contributed by atoms with E-state index in [2.05, 4.69) is 48.3 Å². The molecule has 2 heterocycles. The molecule has 2 aliphatic rings. The van der Waals surface area contributed by atoms with Crippen molar-refractivity contribution in [1.29, 1.82) is 0 Å². The van der Waals surface area contributed by atoms with Gasteiger partial charge in [-0.1, -0.05) is 18.2 Å². The summed E-state index contributed by atoms with van der Waals surface area (Å²) >= 11 is 0. The average Bonchev–Trinajstić information content (AvgIpc) is 2.76. The molecule has 18 heavy (non-hydrogen) atoms. The number of morpholine rings is 1. The number of nitrogens with zero attached hydrogens (tertiary/aromatic N) is 1. The summed E-state index contributed by atoms with van der Waals surface area (Å²) in [7, 11) is 0. The summed E-state index contributed by atoms with van der Waals surface area (Å²) in [6, 6.07) is 9.73. The molecule has 0 aromatic heterocycles. The van der Waals surface area contributed by atoms with Gasteiger partial charge in [-0.15, -0.1) is 0 Å². The fourth-order valence-corrected chi connectivity index (χ4v) is 3.00. The molecular formula is C15H22N2O. The summed E-state index contributed by atoms with van der Waals surface area (Å²) in [5.41, 5.74) is 2.77. The molecule has 0 aliphatic carbocycles. The molecule has 2 aliphatic heterocycles. The van der Waals surface area contributed by atoms with Crippen LogP contribution in [0.3, 0.4) is 0 Å². The Morgan fingerprint density at radius 3 is 3.00 bits per heavy atom. The highest BCUT2D eigenvalue weighted by Crippen LogP contribution is 2.26. The Hall–Kier alpha value is -1.06. The van der Waals surface area contributed by atoms with Gasteiger partial charge in [0.1, 0.15) is 0 Å². The summed E-state index contributed by atoms with van der Waals surface area (Å²) in [6.45, 7) is 7.45. The summed E-state index contributed by atoms with van der Waals surface area (Å²) in [6.07, 6.45) is 1.51. The summed E-state index contributed by atoms with van der Waals surface area (Å²) in [5.74, 6) is 0. The second-order valence-electron chi connectivity index (χ2n) is 5.65. The Bertz CT molecular complexity index is 396. The predicted octanol–water partition coefficient (Wildman–Crippen LogP) is 2.13. The number of nitrogens with one attached hydrogen (secondary N) is 1. The lowest BCUT2D eigenvalue weighted by molar-refractivity contribution is -0.0501. The zero-order valence-corrected chi connectivity index (χ0v) is 11.2. The van der Waals surface area contributed by atoms with Crippen molar-refractivity contribution in [2.24, 2.45) is 0 Å². The van der Waals surface area contributed by atoms with E-state index in [1.807, 2.05) is 0 Å². The Balaban J connectivity index is 1.62. The molecule has 3 rings (SSSR count).